The Morgan fingerprint density at radius 2 is 1.47 bits per heavy atom. The lowest BCUT2D eigenvalue weighted by Crippen LogP contribution is -2.16. The summed E-state index contributed by atoms with van der Waals surface area (Å²) in [6.07, 6.45) is 8.26. The molecule has 0 aliphatic heterocycles. The van der Waals surface area contributed by atoms with E-state index in [-0.39, 0.29) is 0 Å². The molecule has 15 heavy (non-hydrogen) atoms. The second kappa shape index (κ2) is 10.5. The summed E-state index contributed by atoms with van der Waals surface area (Å²) in [6, 6.07) is 0. The van der Waals surface area contributed by atoms with Crippen molar-refractivity contribution in [2.45, 2.75) is 87.0 Å². The maximum Gasteiger partial charge on any atom is -0.0352 e. The maximum atomic E-state index is 2.43. The van der Waals surface area contributed by atoms with Crippen molar-refractivity contribution >= 4 is 0 Å². The van der Waals surface area contributed by atoms with Crippen LogP contribution in [-0.4, -0.2) is 0 Å². The first-order valence-electron chi connectivity index (χ1n) is 7.05. The first kappa shape index (κ1) is 17.4. The normalized spacial score (nSPS) is 13.0. The highest BCUT2D eigenvalue weighted by molar-refractivity contribution is 4.72. The summed E-state index contributed by atoms with van der Waals surface area (Å²) in [5, 5.41) is 0. The van der Waals surface area contributed by atoms with E-state index in [9.17, 15) is 0 Å². The van der Waals surface area contributed by atoms with Gasteiger partial charge in [0.2, 0.25) is 0 Å². The third-order valence-electron chi connectivity index (χ3n) is 3.04. The molecule has 0 aromatic heterocycles. The van der Waals surface area contributed by atoms with Crippen molar-refractivity contribution in [1.29, 1.82) is 0 Å². The zero-order valence-corrected chi connectivity index (χ0v) is 12.3. The fourth-order valence-corrected chi connectivity index (χ4v) is 2.42. The molecule has 0 aliphatic rings. The molecule has 0 spiro atoms. The molecule has 0 heterocycles. The summed E-state index contributed by atoms with van der Waals surface area (Å²) >= 11 is 0. The minimum Gasteiger partial charge on any atom is -0.0683 e. The third kappa shape index (κ3) is 10.3. The Morgan fingerprint density at radius 3 is 1.80 bits per heavy atom. The zero-order chi connectivity index (χ0) is 12.3. The molecular weight excluding hydrogens is 180 g/mol. The van der Waals surface area contributed by atoms with Gasteiger partial charge in [-0.15, -0.1) is 0 Å². The third-order valence-corrected chi connectivity index (χ3v) is 3.04. The second-order valence-corrected chi connectivity index (χ2v) is 5.18. The second-order valence-electron chi connectivity index (χ2n) is 5.18. The molecule has 0 fully saturated rings. The van der Waals surface area contributed by atoms with Crippen molar-refractivity contribution in [3.05, 3.63) is 0 Å². The predicted octanol–water partition coefficient (Wildman–Crippen LogP) is 6.06. The van der Waals surface area contributed by atoms with Crippen LogP contribution in [-0.2, 0) is 0 Å². The molecule has 0 bridgehead atoms. The van der Waals surface area contributed by atoms with E-state index in [1.54, 1.807) is 0 Å². The molecule has 0 N–H and O–H groups in total. The van der Waals surface area contributed by atoms with Gasteiger partial charge in [-0.2, -0.15) is 0 Å². The van der Waals surface area contributed by atoms with Crippen LogP contribution in [0.4, 0.5) is 0 Å². The van der Waals surface area contributed by atoms with E-state index in [2.05, 4.69) is 34.6 Å². The summed E-state index contributed by atoms with van der Waals surface area (Å²) in [5.41, 5.74) is 0.574. The van der Waals surface area contributed by atoms with Gasteiger partial charge in [0.25, 0.3) is 0 Å². The minimum absolute atomic E-state index is 0.574. The van der Waals surface area contributed by atoms with Crippen LogP contribution < -0.4 is 0 Å². The van der Waals surface area contributed by atoms with Gasteiger partial charge in [0, 0.05) is 0 Å². The topological polar surface area (TPSA) is 0 Å². The van der Waals surface area contributed by atoms with Crippen LogP contribution >= 0.6 is 0 Å². The minimum atomic E-state index is 0.574. The van der Waals surface area contributed by atoms with Crippen LogP contribution in [0.5, 0.6) is 0 Å². The van der Waals surface area contributed by atoms with Gasteiger partial charge in [-0.25, -0.2) is 0 Å². The largest absolute Gasteiger partial charge is 0.0683 e. The Morgan fingerprint density at radius 1 is 0.933 bits per heavy atom. The molecule has 0 saturated heterocycles. The highest BCUT2D eigenvalue weighted by Gasteiger charge is 2.20. The van der Waals surface area contributed by atoms with Gasteiger partial charge >= 0.3 is 0 Å². The molecule has 0 rings (SSSR count). The van der Waals surface area contributed by atoms with Crippen LogP contribution in [0.15, 0.2) is 0 Å². The van der Waals surface area contributed by atoms with E-state index < -0.39 is 0 Å². The van der Waals surface area contributed by atoms with E-state index in [0.717, 1.165) is 5.92 Å². The molecule has 0 saturated carbocycles. The zero-order valence-electron chi connectivity index (χ0n) is 12.3. The number of rotatable bonds is 7. The lowest BCUT2D eigenvalue weighted by atomic mass is 9.77. The Hall–Kier alpha value is 0. The van der Waals surface area contributed by atoms with Crippen molar-refractivity contribution in [3.63, 3.8) is 0 Å². The SMILES string of the molecule is CC.CCCC(CC)CC(C)(C)CCC. The highest BCUT2D eigenvalue weighted by Crippen LogP contribution is 2.33. The van der Waals surface area contributed by atoms with E-state index in [1.165, 1.54) is 38.5 Å². The average molecular weight is 214 g/mol. The molecule has 0 amide bonds. The van der Waals surface area contributed by atoms with E-state index in [1.807, 2.05) is 13.8 Å². The van der Waals surface area contributed by atoms with E-state index in [4.69, 9.17) is 0 Å². The molecule has 0 radical (unpaired) electrons. The van der Waals surface area contributed by atoms with Gasteiger partial charge in [0.1, 0.15) is 0 Å². The Kier molecular flexibility index (Phi) is 12.2. The predicted molar refractivity (Wildman–Crippen MR) is 73.3 cm³/mol. The fraction of sp³-hybridized carbons (Fsp3) is 1.00. The van der Waals surface area contributed by atoms with Crippen LogP contribution in [0.1, 0.15) is 87.0 Å². The van der Waals surface area contributed by atoms with Crippen molar-refractivity contribution in [1.82, 2.24) is 0 Å². The van der Waals surface area contributed by atoms with Gasteiger partial charge in [-0.3, -0.25) is 0 Å². The van der Waals surface area contributed by atoms with Crippen molar-refractivity contribution in [3.8, 4) is 0 Å². The summed E-state index contributed by atoms with van der Waals surface area (Å²) in [7, 11) is 0. The highest BCUT2D eigenvalue weighted by atomic mass is 14.3. The van der Waals surface area contributed by atoms with E-state index >= 15 is 0 Å². The lowest BCUT2D eigenvalue weighted by Gasteiger charge is -2.29. The number of hydrogen-bond donors (Lipinski definition) is 0. The summed E-state index contributed by atoms with van der Waals surface area (Å²) in [4.78, 5) is 0. The molecule has 0 aliphatic carbocycles. The molecule has 0 nitrogen and oxygen atoms in total. The molecule has 0 heteroatoms. The van der Waals surface area contributed by atoms with E-state index in [0.29, 0.717) is 5.41 Å². The van der Waals surface area contributed by atoms with Crippen molar-refractivity contribution in [2.75, 3.05) is 0 Å². The molecule has 1 unspecified atom stereocenters. The van der Waals surface area contributed by atoms with Crippen LogP contribution in [0, 0.1) is 11.3 Å². The van der Waals surface area contributed by atoms with Crippen molar-refractivity contribution in [2.24, 2.45) is 11.3 Å². The standard InChI is InChI=1S/C13H28.C2H6/c1-6-9-12(8-3)11-13(4,5)10-7-2;1-2/h12H,6-11H2,1-5H3;1-2H3. The molecule has 94 valence electrons. The first-order valence-corrected chi connectivity index (χ1v) is 7.05. The first-order chi connectivity index (χ1) is 7.05. The number of hydrogen-bond acceptors (Lipinski definition) is 0. The Labute approximate surface area is 98.9 Å². The quantitative estimate of drug-likeness (QED) is 0.483. The summed E-state index contributed by atoms with van der Waals surface area (Å²) in [5.74, 6) is 0.964. The molecule has 0 aromatic rings. The summed E-state index contributed by atoms with van der Waals surface area (Å²) in [6.45, 7) is 15.8. The van der Waals surface area contributed by atoms with Gasteiger partial charge in [0.15, 0.2) is 0 Å². The van der Waals surface area contributed by atoms with Gasteiger partial charge in [0.05, 0.1) is 0 Å². The van der Waals surface area contributed by atoms with Crippen LogP contribution in [0.3, 0.4) is 0 Å². The van der Waals surface area contributed by atoms with Gasteiger partial charge < -0.3 is 0 Å². The van der Waals surface area contributed by atoms with Crippen LogP contribution in [0.25, 0.3) is 0 Å². The molecular formula is C15H34. The maximum absolute atomic E-state index is 2.43. The van der Waals surface area contributed by atoms with Crippen LogP contribution in [0.2, 0.25) is 0 Å². The summed E-state index contributed by atoms with van der Waals surface area (Å²) < 4.78 is 0. The average Bonchev–Trinajstić information content (AvgIpc) is 2.19. The van der Waals surface area contributed by atoms with Crippen molar-refractivity contribution < 1.29 is 0 Å². The fourth-order valence-electron chi connectivity index (χ4n) is 2.42. The lowest BCUT2D eigenvalue weighted by molar-refractivity contribution is 0.232. The Balaban J connectivity index is 0. The molecule has 0 aromatic carbocycles. The monoisotopic (exact) mass is 214 g/mol. The van der Waals surface area contributed by atoms with Gasteiger partial charge in [-0.1, -0.05) is 74.1 Å². The molecule has 1 atom stereocenters. The Bertz CT molecular complexity index is 113. The van der Waals surface area contributed by atoms with Gasteiger partial charge in [-0.05, 0) is 24.2 Å². The smallest absolute Gasteiger partial charge is 0.0352 e.